The van der Waals surface area contributed by atoms with Gasteiger partial charge in [0.2, 0.25) is 5.91 Å². The highest BCUT2D eigenvalue weighted by molar-refractivity contribution is 8.02. The normalized spacial score (nSPS) is 27.6. The van der Waals surface area contributed by atoms with E-state index in [9.17, 15) is 14.7 Å². The highest BCUT2D eigenvalue weighted by atomic mass is 35.5. The number of carbonyl (C=O) groups excluding carboxylic acids is 3. The van der Waals surface area contributed by atoms with Gasteiger partial charge in [-0.15, -0.1) is 24.9 Å². The number of nitrogens with zero attached hydrogens (tertiary/aromatic N) is 2. The molecule has 44 heavy (non-hydrogen) atoms. The molecule has 234 valence electrons. The lowest BCUT2D eigenvalue weighted by Gasteiger charge is -2.42. The van der Waals surface area contributed by atoms with Crippen LogP contribution in [-0.4, -0.2) is 63.6 Å². The molecule has 2 bridgehead atoms. The standard InChI is InChI=1S/C35H41ClN2O5S/c1-5-7-8-12-19-43-34(42)28-27-20-23(4)35(44-27)29(28)32(40)38(26(21-39)24-15-10-9-11-16-24)31(35)33(41)37(18-6-2)30-22(3)14-13-17-25(30)36/h5-6,9-11,13-17,23,26-29,31,39H,1-2,7-8,12,18-21H2,3-4H3/t23?,26-,27-,28+,29+,31?,35?/m1/s1. The number of esters is 1. The zero-order chi connectivity index (χ0) is 31.6. The van der Waals surface area contributed by atoms with Crippen LogP contribution in [0.4, 0.5) is 5.69 Å². The van der Waals surface area contributed by atoms with Gasteiger partial charge in [0, 0.05) is 11.8 Å². The van der Waals surface area contributed by atoms with E-state index in [0.717, 1.165) is 24.0 Å². The average molecular weight is 637 g/mol. The maximum absolute atomic E-state index is 15.1. The maximum atomic E-state index is 15.1. The summed E-state index contributed by atoms with van der Waals surface area (Å²) in [6, 6.07) is 13.0. The maximum Gasteiger partial charge on any atom is 0.310 e. The molecule has 3 saturated heterocycles. The van der Waals surface area contributed by atoms with Gasteiger partial charge in [-0.05, 0) is 55.7 Å². The molecule has 7 nitrogen and oxygen atoms in total. The quantitative estimate of drug-likeness (QED) is 0.162. The molecule has 0 saturated carbocycles. The lowest BCUT2D eigenvalue weighted by atomic mass is 9.66. The molecule has 0 aliphatic carbocycles. The van der Waals surface area contributed by atoms with Crippen LogP contribution in [0.25, 0.3) is 0 Å². The second kappa shape index (κ2) is 13.5. The van der Waals surface area contributed by atoms with E-state index in [1.807, 2.05) is 55.5 Å². The van der Waals surface area contributed by atoms with Crippen molar-refractivity contribution >= 4 is 46.8 Å². The van der Waals surface area contributed by atoms with Gasteiger partial charge in [-0.25, -0.2) is 0 Å². The number of fused-ring (bicyclic) bond motifs is 1. The van der Waals surface area contributed by atoms with Crippen LogP contribution in [0, 0.1) is 24.7 Å². The Kier molecular flexibility index (Phi) is 9.93. The minimum atomic E-state index is -0.955. The number of amides is 2. The number of benzene rings is 2. The number of thioether (sulfide) groups is 1. The molecule has 3 aliphatic heterocycles. The van der Waals surface area contributed by atoms with Crippen molar-refractivity contribution in [2.75, 3.05) is 24.7 Å². The fraction of sp³-hybridized carbons (Fsp3) is 0.457. The van der Waals surface area contributed by atoms with Crippen molar-refractivity contribution in [2.45, 2.75) is 61.6 Å². The molecule has 0 aromatic heterocycles. The second-order valence-electron chi connectivity index (χ2n) is 12.0. The summed E-state index contributed by atoms with van der Waals surface area (Å²) >= 11 is 8.29. The fourth-order valence-corrected chi connectivity index (χ4v) is 10.3. The van der Waals surface area contributed by atoms with Crippen molar-refractivity contribution in [3.63, 3.8) is 0 Å². The highest BCUT2D eigenvalue weighted by Crippen LogP contribution is 2.69. The van der Waals surface area contributed by atoms with E-state index < -0.39 is 28.7 Å². The first kappa shape index (κ1) is 32.3. The minimum absolute atomic E-state index is 0.0462. The predicted molar refractivity (Wildman–Crippen MR) is 176 cm³/mol. The molecule has 3 fully saturated rings. The third-order valence-corrected chi connectivity index (χ3v) is 11.8. The number of aliphatic hydroxyl groups excluding tert-OH is 1. The van der Waals surface area contributed by atoms with Crippen LogP contribution in [0.2, 0.25) is 5.02 Å². The Morgan fingerprint density at radius 2 is 1.93 bits per heavy atom. The monoisotopic (exact) mass is 636 g/mol. The Labute approximate surface area is 269 Å². The number of rotatable bonds is 13. The van der Waals surface area contributed by atoms with Gasteiger partial charge in [0.1, 0.15) is 6.04 Å². The molecule has 0 radical (unpaired) electrons. The van der Waals surface area contributed by atoms with Crippen LogP contribution in [-0.2, 0) is 19.1 Å². The number of hydrogen-bond acceptors (Lipinski definition) is 6. The largest absolute Gasteiger partial charge is 0.465 e. The number of aryl methyl sites for hydroxylation is 1. The molecule has 2 amide bonds. The number of para-hydroxylation sites is 1. The number of allylic oxidation sites excluding steroid dienone is 1. The number of likely N-dealkylation sites (tertiary alicyclic amines) is 1. The molecule has 1 spiro atoms. The Bertz CT molecular complexity index is 1400. The van der Waals surface area contributed by atoms with Gasteiger partial charge in [-0.2, -0.15) is 0 Å². The zero-order valence-electron chi connectivity index (χ0n) is 25.4. The number of unbranched alkanes of at least 4 members (excludes halogenated alkanes) is 2. The molecule has 9 heteroatoms. The SMILES string of the molecule is C=CCCCCOC(=O)[C@@H]1[C@H]2C(=O)N([C@H](CO)c3ccccc3)C(C(=O)N(CC=C)c3c(C)cccc3Cl)C23S[C@@H]1CC3C. The Balaban J connectivity index is 1.61. The van der Waals surface area contributed by atoms with Gasteiger partial charge in [0.05, 0.1) is 46.5 Å². The summed E-state index contributed by atoms with van der Waals surface area (Å²) in [6.07, 6.45) is 6.59. The predicted octanol–water partition coefficient (Wildman–Crippen LogP) is 6.14. The summed E-state index contributed by atoms with van der Waals surface area (Å²) in [6.45, 7) is 11.7. The Morgan fingerprint density at radius 3 is 2.59 bits per heavy atom. The summed E-state index contributed by atoms with van der Waals surface area (Å²) in [5, 5.41) is 11.1. The lowest BCUT2D eigenvalue weighted by Crippen LogP contribution is -2.58. The van der Waals surface area contributed by atoms with Crippen molar-refractivity contribution in [3.8, 4) is 0 Å². The first-order valence-electron chi connectivity index (χ1n) is 15.3. The number of ether oxygens (including phenoxy) is 1. The van der Waals surface area contributed by atoms with Gasteiger partial charge in [-0.1, -0.05) is 73.1 Å². The average Bonchev–Trinajstić information content (AvgIpc) is 3.61. The zero-order valence-corrected chi connectivity index (χ0v) is 26.9. The van der Waals surface area contributed by atoms with Crippen molar-refractivity contribution < 1.29 is 24.2 Å². The molecule has 3 unspecified atom stereocenters. The van der Waals surface area contributed by atoms with Crippen molar-refractivity contribution in [1.29, 1.82) is 0 Å². The molecular weight excluding hydrogens is 596 g/mol. The van der Waals surface area contributed by atoms with E-state index in [0.29, 0.717) is 23.6 Å². The minimum Gasteiger partial charge on any atom is -0.465 e. The van der Waals surface area contributed by atoms with Crippen LogP contribution in [0.15, 0.2) is 73.8 Å². The van der Waals surface area contributed by atoms with Crippen LogP contribution in [0.1, 0.15) is 49.8 Å². The van der Waals surface area contributed by atoms with Gasteiger partial charge in [0.15, 0.2) is 0 Å². The van der Waals surface area contributed by atoms with E-state index in [2.05, 4.69) is 20.1 Å². The molecule has 5 rings (SSSR count). The first-order valence-corrected chi connectivity index (χ1v) is 16.6. The van der Waals surface area contributed by atoms with E-state index in [1.165, 1.54) is 0 Å². The summed E-state index contributed by atoms with van der Waals surface area (Å²) < 4.78 is 4.88. The number of anilines is 1. The summed E-state index contributed by atoms with van der Waals surface area (Å²) in [4.78, 5) is 46.7. The van der Waals surface area contributed by atoms with Crippen molar-refractivity contribution in [3.05, 3.63) is 90.0 Å². The molecule has 3 heterocycles. The van der Waals surface area contributed by atoms with Gasteiger partial charge >= 0.3 is 5.97 Å². The van der Waals surface area contributed by atoms with E-state index in [1.54, 1.807) is 33.7 Å². The topological polar surface area (TPSA) is 87.1 Å². The lowest BCUT2D eigenvalue weighted by molar-refractivity contribution is -0.155. The summed E-state index contributed by atoms with van der Waals surface area (Å²) in [5.74, 6) is -2.46. The number of aliphatic hydroxyl groups is 1. The summed E-state index contributed by atoms with van der Waals surface area (Å²) in [5.41, 5.74) is 2.09. The van der Waals surface area contributed by atoms with Crippen LogP contribution in [0.5, 0.6) is 0 Å². The van der Waals surface area contributed by atoms with E-state index in [-0.39, 0.29) is 48.7 Å². The molecule has 1 N–H and O–H groups in total. The first-order chi connectivity index (χ1) is 21.2. The highest BCUT2D eigenvalue weighted by Gasteiger charge is 2.77. The molecule has 7 atom stereocenters. The van der Waals surface area contributed by atoms with Crippen LogP contribution in [0.3, 0.4) is 0 Å². The van der Waals surface area contributed by atoms with Crippen molar-refractivity contribution in [2.24, 2.45) is 17.8 Å². The smallest absolute Gasteiger partial charge is 0.310 e. The van der Waals surface area contributed by atoms with Crippen LogP contribution < -0.4 is 4.90 Å². The second-order valence-corrected chi connectivity index (χ2v) is 14.0. The van der Waals surface area contributed by atoms with Gasteiger partial charge in [0.25, 0.3) is 5.91 Å². The third kappa shape index (κ3) is 5.39. The Hall–Kier alpha value is -3.07. The number of hydrogen-bond donors (Lipinski definition) is 1. The molecular formula is C35H41ClN2O5S. The Morgan fingerprint density at radius 1 is 1.18 bits per heavy atom. The molecule has 3 aliphatic rings. The summed E-state index contributed by atoms with van der Waals surface area (Å²) in [7, 11) is 0. The number of halogens is 1. The van der Waals surface area contributed by atoms with Gasteiger partial charge in [-0.3, -0.25) is 14.4 Å². The molecule has 2 aromatic rings. The third-order valence-electron chi connectivity index (χ3n) is 9.47. The van der Waals surface area contributed by atoms with Crippen LogP contribution >= 0.6 is 23.4 Å². The van der Waals surface area contributed by atoms with Gasteiger partial charge < -0.3 is 19.6 Å². The number of carbonyl (C=O) groups is 3. The fourth-order valence-electron chi connectivity index (χ4n) is 7.57. The van der Waals surface area contributed by atoms with E-state index in [4.69, 9.17) is 16.3 Å². The molecule has 2 aromatic carbocycles. The van der Waals surface area contributed by atoms with Crippen molar-refractivity contribution in [1.82, 2.24) is 4.90 Å². The van der Waals surface area contributed by atoms with E-state index >= 15 is 4.79 Å².